The van der Waals surface area contributed by atoms with Gasteiger partial charge in [-0.15, -0.1) is 0 Å². The molecule has 0 radical (unpaired) electrons. The number of rotatable bonds is 0. The summed E-state index contributed by atoms with van der Waals surface area (Å²) in [5.41, 5.74) is 2.12. The van der Waals surface area contributed by atoms with Crippen LogP contribution in [0.2, 0.25) is 0 Å². The first kappa shape index (κ1) is 17.7. The van der Waals surface area contributed by atoms with Crippen LogP contribution in [-0.2, 0) is 11.2 Å². The molecule has 0 aromatic carbocycles. The highest BCUT2D eigenvalue weighted by molar-refractivity contribution is 5.33. The average Bonchev–Trinajstić information content (AvgIpc) is 3.10. The molecule has 0 amide bonds. The summed E-state index contributed by atoms with van der Waals surface area (Å²) in [6.45, 7) is 8.15. The van der Waals surface area contributed by atoms with Crippen LogP contribution in [0.5, 0.6) is 0 Å². The van der Waals surface area contributed by atoms with Crippen molar-refractivity contribution in [3.05, 3.63) is 34.8 Å². The van der Waals surface area contributed by atoms with E-state index in [1.165, 1.54) is 5.57 Å². The zero-order chi connectivity index (χ0) is 17.5. The van der Waals surface area contributed by atoms with Crippen LogP contribution in [0, 0.1) is 12.8 Å². The van der Waals surface area contributed by atoms with E-state index in [-0.39, 0.29) is 6.10 Å². The summed E-state index contributed by atoms with van der Waals surface area (Å²) in [4.78, 5) is 0. The molecule has 3 rings (SSSR count). The lowest BCUT2D eigenvalue weighted by Gasteiger charge is -2.34. The highest BCUT2D eigenvalue weighted by atomic mass is 16.5. The number of furan rings is 1. The SMILES string of the molecule is CC1=CCC[C@H](C)[C@H]2CC[C@](C)(O2)[C@H](O)[C@@H](O)c2c(C)coc2C1. The molecule has 1 fully saturated rings. The van der Waals surface area contributed by atoms with Gasteiger partial charge in [0.1, 0.15) is 18.0 Å². The Morgan fingerprint density at radius 1 is 1.21 bits per heavy atom. The number of aryl methyl sites for hydroxylation is 1. The molecule has 0 aliphatic carbocycles. The second kappa shape index (κ2) is 6.66. The van der Waals surface area contributed by atoms with Crippen LogP contribution in [0.15, 0.2) is 22.3 Å². The molecular formula is C20H30O4. The van der Waals surface area contributed by atoms with Gasteiger partial charge in [0.05, 0.1) is 18.0 Å². The summed E-state index contributed by atoms with van der Waals surface area (Å²) in [6.07, 6.45) is 6.57. The van der Waals surface area contributed by atoms with Gasteiger partial charge in [0.25, 0.3) is 0 Å². The number of ether oxygens (including phenoxy) is 1. The maximum Gasteiger partial charge on any atom is 0.113 e. The first-order chi connectivity index (χ1) is 11.3. The van der Waals surface area contributed by atoms with Gasteiger partial charge >= 0.3 is 0 Å². The zero-order valence-electron chi connectivity index (χ0n) is 15.2. The minimum Gasteiger partial charge on any atom is -0.468 e. The van der Waals surface area contributed by atoms with E-state index in [2.05, 4.69) is 19.9 Å². The quantitative estimate of drug-likeness (QED) is 0.708. The molecule has 2 aliphatic heterocycles. The molecule has 2 N–H and O–H groups in total. The number of fused-ring (bicyclic) bond motifs is 3. The van der Waals surface area contributed by atoms with E-state index in [1.54, 1.807) is 6.26 Å². The van der Waals surface area contributed by atoms with Crippen molar-refractivity contribution in [1.29, 1.82) is 0 Å². The third-order valence-electron chi connectivity index (χ3n) is 5.86. The van der Waals surface area contributed by atoms with Crippen LogP contribution in [0.25, 0.3) is 0 Å². The van der Waals surface area contributed by atoms with E-state index in [1.807, 2.05) is 13.8 Å². The molecule has 0 spiro atoms. The predicted octanol–water partition coefficient (Wildman–Crippen LogP) is 3.84. The van der Waals surface area contributed by atoms with Crippen molar-refractivity contribution < 1.29 is 19.4 Å². The van der Waals surface area contributed by atoms with Gasteiger partial charge in [0.2, 0.25) is 0 Å². The summed E-state index contributed by atoms with van der Waals surface area (Å²) >= 11 is 0. The molecule has 1 aromatic heterocycles. The first-order valence-corrected chi connectivity index (χ1v) is 9.08. The average molecular weight is 334 g/mol. The molecule has 1 aromatic rings. The second-order valence-corrected chi connectivity index (χ2v) is 7.93. The van der Waals surface area contributed by atoms with Gasteiger partial charge in [-0.05, 0) is 57.9 Å². The number of allylic oxidation sites excluding steroid dienone is 2. The molecule has 5 atom stereocenters. The van der Waals surface area contributed by atoms with E-state index < -0.39 is 17.8 Å². The van der Waals surface area contributed by atoms with Crippen LogP contribution < -0.4 is 0 Å². The number of aliphatic hydroxyl groups is 2. The topological polar surface area (TPSA) is 62.8 Å². The highest BCUT2D eigenvalue weighted by Gasteiger charge is 2.47. The normalized spacial score (nSPS) is 37.8. The smallest absolute Gasteiger partial charge is 0.113 e. The van der Waals surface area contributed by atoms with Gasteiger partial charge in [-0.3, -0.25) is 0 Å². The summed E-state index contributed by atoms with van der Waals surface area (Å²) in [5.74, 6) is 1.19. The molecule has 0 saturated carbocycles. The Morgan fingerprint density at radius 2 is 1.96 bits per heavy atom. The Balaban J connectivity index is 1.99. The van der Waals surface area contributed by atoms with Crippen LogP contribution >= 0.6 is 0 Å². The molecule has 3 heterocycles. The van der Waals surface area contributed by atoms with Crippen LogP contribution in [0.1, 0.15) is 69.4 Å². The van der Waals surface area contributed by atoms with Crippen LogP contribution in [0.4, 0.5) is 0 Å². The monoisotopic (exact) mass is 334 g/mol. The van der Waals surface area contributed by atoms with E-state index in [0.29, 0.717) is 12.3 Å². The third-order valence-corrected chi connectivity index (χ3v) is 5.86. The van der Waals surface area contributed by atoms with Gasteiger partial charge in [0.15, 0.2) is 0 Å². The molecule has 4 nitrogen and oxygen atoms in total. The van der Waals surface area contributed by atoms with Crippen molar-refractivity contribution in [2.24, 2.45) is 5.92 Å². The van der Waals surface area contributed by atoms with E-state index in [4.69, 9.17) is 9.15 Å². The Hall–Kier alpha value is -1.10. The first-order valence-electron chi connectivity index (χ1n) is 9.08. The van der Waals surface area contributed by atoms with Crippen molar-refractivity contribution in [1.82, 2.24) is 0 Å². The summed E-state index contributed by atoms with van der Waals surface area (Å²) in [6, 6.07) is 0. The Bertz CT molecular complexity index is 617. The van der Waals surface area contributed by atoms with Gasteiger partial charge in [-0.2, -0.15) is 0 Å². The predicted molar refractivity (Wildman–Crippen MR) is 92.8 cm³/mol. The maximum atomic E-state index is 10.9. The minimum absolute atomic E-state index is 0.149. The third kappa shape index (κ3) is 3.19. The van der Waals surface area contributed by atoms with Crippen molar-refractivity contribution in [2.45, 2.75) is 83.7 Å². The van der Waals surface area contributed by atoms with E-state index >= 15 is 0 Å². The highest BCUT2D eigenvalue weighted by Crippen LogP contribution is 2.42. The standard InChI is InChI=1S/C20H30O4/c1-12-6-5-7-13(2)15-8-9-20(4,24-15)19(22)18(21)17-14(3)11-23-16(17)10-12/h6,11,13,15,18-19,21-22H,5,7-10H2,1-4H3/t13-,15+,18-,19+,20-/m0/s1. The van der Waals surface area contributed by atoms with Crippen molar-refractivity contribution >= 4 is 0 Å². The van der Waals surface area contributed by atoms with Crippen molar-refractivity contribution in [3.63, 3.8) is 0 Å². The largest absolute Gasteiger partial charge is 0.468 e. The van der Waals surface area contributed by atoms with Gasteiger partial charge in [-0.1, -0.05) is 18.6 Å². The fourth-order valence-corrected chi connectivity index (χ4v) is 4.15. The van der Waals surface area contributed by atoms with Gasteiger partial charge < -0.3 is 19.4 Å². The molecule has 2 bridgehead atoms. The molecule has 1 saturated heterocycles. The molecule has 2 aliphatic rings. The fraction of sp³-hybridized carbons (Fsp3) is 0.700. The lowest BCUT2D eigenvalue weighted by molar-refractivity contribution is -0.151. The molecule has 134 valence electrons. The molecule has 4 heteroatoms. The Labute approximate surface area is 144 Å². The van der Waals surface area contributed by atoms with Crippen LogP contribution in [0.3, 0.4) is 0 Å². The van der Waals surface area contributed by atoms with Gasteiger partial charge in [-0.25, -0.2) is 0 Å². The van der Waals surface area contributed by atoms with E-state index in [0.717, 1.165) is 42.6 Å². The van der Waals surface area contributed by atoms with E-state index in [9.17, 15) is 10.2 Å². The summed E-state index contributed by atoms with van der Waals surface area (Å²) in [7, 11) is 0. The number of hydrogen-bond donors (Lipinski definition) is 2. The lowest BCUT2D eigenvalue weighted by Crippen LogP contribution is -2.44. The van der Waals surface area contributed by atoms with Crippen LogP contribution in [-0.4, -0.2) is 28.0 Å². The van der Waals surface area contributed by atoms with Crippen molar-refractivity contribution in [2.75, 3.05) is 0 Å². The molecule has 0 unspecified atom stereocenters. The summed E-state index contributed by atoms with van der Waals surface area (Å²) < 4.78 is 11.9. The minimum atomic E-state index is -0.994. The second-order valence-electron chi connectivity index (χ2n) is 7.93. The molecule has 24 heavy (non-hydrogen) atoms. The zero-order valence-corrected chi connectivity index (χ0v) is 15.2. The fourth-order valence-electron chi connectivity index (χ4n) is 4.15. The van der Waals surface area contributed by atoms with Crippen molar-refractivity contribution in [3.8, 4) is 0 Å². The lowest BCUT2D eigenvalue weighted by atomic mass is 9.86. The number of aliphatic hydroxyl groups excluding tert-OH is 2. The van der Waals surface area contributed by atoms with Gasteiger partial charge in [0, 0.05) is 12.0 Å². The summed E-state index contributed by atoms with van der Waals surface area (Å²) in [5, 5.41) is 21.8. The number of hydrogen-bond acceptors (Lipinski definition) is 4. The molecular weight excluding hydrogens is 304 g/mol. The maximum absolute atomic E-state index is 10.9. The Kier molecular flexibility index (Phi) is 4.92. The Morgan fingerprint density at radius 3 is 2.71 bits per heavy atom.